The van der Waals surface area contributed by atoms with E-state index in [2.05, 4.69) is 5.32 Å². The molecule has 8 nitrogen and oxygen atoms in total. The average Bonchev–Trinajstić information content (AvgIpc) is 2.46. The highest BCUT2D eigenvalue weighted by atomic mass is 16.6. The third kappa shape index (κ3) is 11.1. The Labute approximate surface area is 148 Å². The standard InChI is InChI=1S/C17H29NO7/c1-7-23-13(20)9-8-12(19)10-24-15(21)14(11(2)3)18-16(22)25-17(4,5)6/h11,14H,7-10H2,1-6H3,(H,18,22)/t14-/m0/s1. The minimum absolute atomic E-state index is 0.0615. The zero-order valence-corrected chi connectivity index (χ0v) is 15.8. The van der Waals surface area contributed by atoms with E-state index in [1.54, 1.807) is 41.5 Å². The van der Waals surface area contributed by atoms with Crippen LogP contribution in [0.1, 0.15) is 54.4 Å². The Kier molecular flexibility index (Phi) is 9.78. The van der Waals surface area contributed by atoms with E-state index in [1.165, 1.54) is 0 Å². The van der Waals surface area contributed by atoms with Crippen molar-refractivity contribution in [3.8, 4) is 0 Å². The third-order valence-corrected chi connectivity index (χ3v) is 2.88. The Morgan fingerprint density at radius 1 is 1.00 bits per heavy atom. The molecular weight excluding hydrogens is 330 g/mol. The topological polar surface area (TPSA) is 108 Å². The normalized spacial score (nSPS) is 12.3. The fourth-order valence-corrected chi connectivity index (χ4v) is 1.72. The van der Waals surface area contributed by atoms with Gasteiger partial charge < -0.3 is 19.5 Å². The molecule has 0 saturated heterocycles. The van der Waals surface area contributed by atoms with Crippen molar-refractivity contribution in [2.75, 3.05) is 13.2 Å². The maximum Gasteiger partial charge on any atom is 0.408 e. The Balaban J connectivity index is 4.44. The fraction of sp³-hybridized carbons (Fsp3) is 0.765. The van der Waals surface area contributed by atoms with E-state index in [1.807, 2.05) is 0 Å². The predicted octanol–water partition coefficient (Wildman–Crippen LogP) is 1.99. The Hall–Kier alpha value is -2.12. The van der Waals surface area contributed by atoms with Crippen LogP contribution >= 0.6 is 0 Å². The maximum atomic E-state index is 12.1. The van der Waals surface area contributed by atoms with Crippen molar-refractivity contribution in [2.45, 2.75) is 66.0 Å². The van der Waals surface area contributed by atoms with Crippen LogP contribution in [0.4, 0.5) is 4.79 Å². The quantitative estimate of drug-likeness (QED) is 0.495. The molecule has 0 bridgehead atoms. The highest BCUT2D eigenvalue weighted by molar-refractivity contribution is 5.87. The van der Waals surface area contributed by atoms with Crippen molar-refractivity contribution in [3.63, 3.8) is 0 Å². The van der Waals surface area contributed by atoms with E-state index in [-0.39, 0.29) is 25.4 Å². The molecule has 25 heavy (non-hydrogen) atoms. The molecule has 0 radical (unpaired) electrons. The number of carbonyl (C=O) groups is 4. The van der Waals surface area contributed by atoms with Gasteiger partial charge in [-0.25, -0.2) is 9.59 Å². The van der Waals surface area contributed by atoms with Gasteiger partial charge >= 0.3 is 18.0 Å². The number of ketones is 1. The van der Waals surface area contributed by atoms with Crippen LogP contribution in [0.2, 0.25) is 0 Å². The second-order valence-electron chi connectivity index (χ2n) is 6.82. The smallest absolute Gasteiger partial charge is 0.408 e. The predicted molar refractivity (Wildman–Crippen MR) is 89.8 cm³/mol. The monoisotopic (exact) mass is 359 g/mol. The van der Waals surface area contributed by atoms with E-state index < -0.39 is 42.1 Å². The van der Waals surface area contributed by atoms with Crippen molar-refractivity contribution < 1.29 is 33.4 Å². The lowest BCUT2D eigenvalue weighted by Gasteiger charge is -2.24. The van der Waals surface area contributed by atoms with Crippen molar-refractivity contribution >= 4 is 23.8 Å². The number of rotatable bonds is 9. The summed E-state index contributed by atoms with van der Waals surface area (Å²) in [6.07, 6.45) is -0.872. The molecule has 144 valence electrons. The van der Waals surface area contributed by atoms with Gasteiger partial charge in [-0.2, -0.15) is 0 Å². The van der Waals surface area contributed by atoms with Gasteiger partial charge in [-0.1, -0.05) is 13.8 Å². The number of carbonyl (C=O) groups excluding carboxylic acids is 4. The number of nitrogens with one attached hydrogen (secondary N) is 1. The number of ether oxygens (including phenoxy) is 3. The molecule has 0 aromatic heterocycles. The summed E-state index contributed by atoms with van der Waals surface area (Å²) in [4.78, 5) is 46.7. The lowest BCUT2D eigenvalue weighted by Crippen LogP contribution is -2.47. The van der Waals surface area contributed by atoms with Gasteiger partial charge in [0.05, 0.1) is 13.0 Å². The molecule has 0 aromatic rings. The molecule has 0 aliphatic rings. The largest absolute Gasteiger partial charge is 0.466 e. The lowest BCUT2D eigenvalue weighted by atomic mass is 10.1. The second kappa shape index (κ2) is 10.7. The van der Waals surface area contributed by atoms with Gasteiger partial charge in [-0.3, -0.25) is 9.59 Å². The third-order valence-electron chi connectivity index (χ3n) is 2.88. The minimum Gasteiger partial charge on any atom is -0.466 e. The summed E-state index contributed by atoms with van der Waals surface area (Å²) in [6.45, 7) is 10.0. The van der Waals surface area contributed by atoms with E-state index in [9.17, 15) is 19.2 Å². The molecule has 1 N–H and O–H groups in total. The number of hydrogen-bond donors (Lipinski definition) is 1. The summed E-state index contributed by atoms with van der Waals surface area (Å²) < 4.78 is 14.8. The molecule has 0 fully saturated rings. The molecule has 0 saturated carbocycles. The SMILES string of the molecule is CCOC(=O)CCC(=O)COC(=O)[C@@H](NC(=O)OC(C)(C)C)C(C)C. The molecule has 0 aliphatic heterocycles. The van der Waals surface area contributed by atoms with Crippen LogP contribution in [0.5, 0.6) is 0 Å². The lowest BCUT2D eigenvalue weighted by molar-refractivity contribution is -0.151. The zero-order valence-electron chi connectivity index (χ0n) is 15.8. The number of esters is 2. The van der Waals surface area contributed by atoms with Crippen molar-refractivity contribution in [3.05, 3.63) is 0 Å². The van der Waals surface area contributed by atoms with Crippen molar-refractivity contribution in [1.29, 1.82) is 0 Å². The van der Waals surface area contributed by atoms with Gasteiger partial charge in [0.2, 0.25) is 0 Å². The minimum atomic E-state index is -0.937. The Morgan fingerprint density at radius 3 is 2.08 bits per heavy atom. The van der Waals surface area contributed by atoms with E-state index in [4.69, 9.17) is 14.2 Å². The molecule has 1 atom stereocenters. The van der Waals surface area contributed by atoms with Crippen LogP contribution in [-0.4, -0.2) is 48.7 Å². The van der Waals surface area contributed by atoms with Gasteiger partial charge in [-0.15, -0.1) is 0 Å². The molecule has 8 heteroatoms. The number of hydrogen-bond acceptors (Lipinski definition) is 7. The van der Waals surface area contributed by atoms with Crippen LogP contribution in [0.25, 0.3) is 0 Å². The molecule has 0 aliphatic carbocycles. The average molecular weight is 359 g/mol. The zero-order chi connectivity index (χ0) is 19.6. The first-order valence-electron chi connectivity index (χ1n) is 8.29. The van der Waals surface area contributed by atoms with Gasteiger partial charge in [-0.05, 0) is 33.6 Å². The second-order valence-corrected chi connectivity index (χ2v) is 6.82. The van der Waals surface area contributed by atoms with Gasteiger partial charge in [0, 0.05) is 6.42 Å². The molecule has 0 spiro atoms. The highest BCUT2D eigenvalue weighted by Gasteiger charge is 2.28. The molecule has 1 amide bonds. The molecule has 0 unspecified atom stereocenters. The summed E-state index contributed by atoms with van der Waals surface area (Å²) in [7, 11) is 0. The molecule has 0 heterocycles. The van der Waals surface area contributed by atoms with Crippen LogP contribution in [0.15, 0.2) is 0 Å². The number of Topliss-reactive ketones (excluding diaryl/α,β-unsaturated/α-hetero) is 1. The van der Waals surface area contributed by atoms with Crippen molar-refractivity contribution in [1.82, 2.24) is 5.32 Å². The highest BCUT2D eigenvalue weighted by Crippen LogP contribution is 2.10. The summed E-state index contributed by atoms with van der Waals surface area (Å²) >= 11 is 0. The Morgan fingerprint density at radius 2 is 1.60 bits per heavy atom. The van der Waals surface area contributed by atoms with E-state index in [0.29, 0.717) is 0 Å². The first-order valence-corrected chi connectivity index (χ1v) is 8.29. The van der Waals surface area contributed by atoms with Crippen LogP contribution < -0.4 is 5.32 Å². The first kappa shape index (κ1) is 22.9. The van der Waals surface area contributed by atoms with Gasteiger partial charge in [0.1, 0.15) is 18.2 Å². The number of amides is 1. The molecular formula is C17H29NO7. The van der Waals surface area contributed by atoms with Crippen LogP contribution in [0, 0.1) is 5.92 Å². The van der Waals surface area contributed by atoms with Crippen LogP contribution in [0.3, 0.4) is 0 Å². The Bertz CT molecular complexity index is 480. The summed E-state index contributed by atoms with van der Waals surface area (Å²) in [5.41, 5.74) is -0.696. The molecule has 0 aromatic carbocycles. The fourth-order valence-electron chi connectivity index (χ4n) is 1.72. The van der Waals surface area contributed by atoms with Crippen LogP contribution in [-0.2, 0) is 28.6 Å². The summed E-state index contributed by atoms with van der Waals surface area (Å²) in [5.74, 6) is -1.87. The van der Waals surface area contributed by atoms with Crippen molar-refractivity contribution in [2.24, 2.45) is 5.92 Å². The summed E-state index contributed by atoms with van der Waals surface area (Å²) in [6, 6.07) is -0.937. The van der Waals surface area contributed by atoms with Gasteiger partial charge in [0.25, 0.3) is 0 Å². The van der Waals surface area contributed by atoms with Gasteiger partial charge in [0.15, 0.2) is 5.78 Å². The number of alkyl carbamates (subject to hydrolysis) is 1. The molecule has 0 rings (SSSR count). The summed E-state index contributed by atoms with van der Waals surface area (Å²) in [5, 5.41) is 2.44. The maximum absolute atomic E-state index is 12.1. The first-order chi connectivity index (χ1) is 11.5. The van der Waals surface area contributed by atoms with E-state index in [0.717, 1.165) is 0 Å². The van der Waals surface area contributed by atoms with E-state index >= 15 is 0 Å².